The SMILES string of the molecule is Cc1ccnc(Cn2c(-c3ccc(OC4CCS(=O)(=O)CC4)cc3Cl)nc3c(OC4(C)CC4)ncnc32)c1. The molecule has 0 atom stereocenters. The number of sulfone groups is 1. The number of nitrogens with zero attached hydrogens (tertiary/aromatic N) is 5. The third-order valence-corrected chi connectivity index (χ3v) is 9.10. The molecule has 38 heavy (non-hydrogen) atoms. The predicted octanol–water partition coefficient (Wildman–Crippen LogP) is 4.79. The summed E-state index contributed by atoms with van der Waals surface area (Å²) in [6, 6.07) is 9.45. The summed E-state index contributed by atoms with van der Waals surface area (Å²) in [5.74, 6) is 1.96. The molecule has 1 aliphatic heterocycles. The molecule has 1 saturated heterocycles. The average Bonchev–Trinajstić information content (AvgIpc) is 3.49. The highest BCUT2D eigenvalue weighted by Crippen LogP contribution is 2.41. The Labute approximate surface area is 226 Å². The number of pyridine rings is 1. The van der Waals surface area contributed by atoms with E-state index in [0.29, 0.717) is 58.6 Å². The number of hydrogen-bond donors (Lipinski definition) is 0. The van der Waals surface area contributed by atoms with Crippen molar-refractivity contribution in [2.45, 2.75) is 57.8 Å². The van der Waals surface area contributed by atoms with E-state index in [1.807, 2.05) is 35.8 Å². The van der Waals surface area contributed by atoms with Gasteiger partial charge in [-0.2, -0.15) is 4.98 Å². The van der Waals surface area contributed by atoms with Gasteiger partial charge in [0, 0.05) is 11.8 Å². The zero-order chi connectivity index (χ0) is 26.5. The lowest BCUT2D eigenvalue weighted by molar-refractivity contribution is 0.189. The van der Waals surface area contributed by atoms with Crippen LogP contribution in [-0.2, 0) is 16.4 Å². The predicted molar refractivity (Wildman–Crippen MR) is 144 cm³/mol. The molecule has 0 N–H and O–H groups in total. The van der Waals surface area contributed by atoms with E-state index in [-0.39, 0.29) is 23.2 Å². The van der Waals surface area contributed by atoms with Crippen molar-refractivity contribution in [3.8, 4) is 23.0 Å². The minimum absolute atomic E-state index is 0.144. The summed E-state index contributed by atoms with van der Waals surface area (Å²) in [6.45, 7) is 4.53. The van der Waals surface area contributed by atoms with Crippen LogP contribution in [0.2, 0.25) is 5.02 Å². The van der Waals surface area contributed by atoms with Crippen LogP contribution in [0.25, 0.3) is 22.6 Å². The lowest BCUT2D eigenvalue weighted by Gasteiger charge is -2.23. The Kier molecular flexibility index (Phi) is 6.26. The lowest BCUT2D eigenvalue weighted by atomic mass is 10.1. The molecule has 4 aromatic rings. The highest BCUT2D eigenvalue weighted by Gasteiger charge is 2.41. The standard InChI is InChI=1S/C27H28ClN5O4S/c1-17-5-10-29-18(13-17)15-33-24(32-23-25(33)30-16-31-26(23)37-27(2)8-9-27)21-4-3-20(14-22(21)28)36-19-6-11-38(34,35)12-7-19/h3-5,10,13-14,16,19H,6-9,11-12,15H2,1-2H3. The van der Waals surface area contributed by atoms with Crippen molar-refractivity contribution in [1.29, 1.82) is 0 Å². The van der Waals surface area contributed by atoms with Crippen molar-refractivity contribution in [1.82, 2.24) is 24.5 Å². The number of aryl methyl sites for hydroxylation is 1. The largest absolute Gasteiger partial charge is 0.490 e. The first-order chi connectivity index (χ1) is 18.2. The molecular weight excluding hydrogens is 526 g/mol. The van der Waals surface area contributed by atoms with Gasteiger partial charge in [0.2, 0.25) is 5.88 Å². The van der Waals surface area contributed by atoms with Gasteiger partial charge in [-0.25, -0.2) is 18.4 Å². The Morgan fingerprint density at radius 2 is 1.89 bits per heavy atom. The van der Waals surface area contributed by atoms with Gasteiger partial charge >= 0.3 is 0 Å². The third kappa shape index (κ3) is 5.19. The minimum Gasteiger partial charge on any atom is -0.490 e. The highest BCUT2D eigenvalue weighted by atomic mass is 35.5. The van der Waals surface area contributed by atoms with E-state index in [1.165, 1.54) is 6.33 Å². The minimum atomic E-state index is -2.96. The second kappa shape index (κ2) is 9.50. The molecule has 6 rings (SSSR count). The molecule has 0 spiro atoms. The van der Waals surface area contributed by atoms with E-state index in [9.17, 15) is 8.42 Å². The fraction of sp³-hybridized carbons (Fsp3) is 0.407. The Morgan fingerprint density at radius 1 is 1.11 bits per heavy atom. The van der Waals surface area contributed by atoms with E-state index >= 15 is 0 Å². The normalized spacial score (nSPS) is 18.4. The number of benzene rings is 1. The summed E-state index contributed by atoms with van der Waals surface area (Å²) in [4.78, 5) is 18.4. The second-order valence-corrected chi connectivity index (χ2v) is 13.1. The number of hydrogen-bond acceptors (Lipinski definition) is 8. The van der Waals surface area contributed by atoms with Gasteiger partial charge in [0.1, 0.15) is 29.6 Å². The summed E-state index contributed by atoms with van der Waals surface area (Å²) >= 11 is 6.80. The van der Waals surface area contributed by atoms with E-state index in [0.717, 1.165) is 24.1 Å². The first-order valence-corrected chi connectivity index (χ1v) is 14.9. The molecule has 0 unspecified atom stereocenters. The Hall–Kier alpha value is -3.24. The molecule has 9 nitrogen and oxygen atoms in total. The molecule has 1 aromatic carbocycles. The molecule has 2 fully saturated rings. The van der Waals surface area contributed by atoms with Crippen molar-refractivity contribution < 1.29 is 17.9 Å². The van der Waals surface area contributed by atoms with Gasteiger partial charge in [0.05, 0.1) is 28.8 Å². The molecule has 0 amide bonds. The molecule has 1 saturated carbocycles. The average molecular weight is 554 g/mol. The number of imidazole rings is 1. The fourth-order valence-electron chi connectivity index (χ4n) is 4.63. The van der Waals surface area contributed by atoms with E-state index in [4.69, 9.17) is 26.1 Å². The summed E-state index contributed by atoms with van der Waals surface area (Å²) in [5, 5.41) is 0.462. The highest BCUT2D eigenvalue weighted by molar-refractivity contribution is 7.91. The molecule has 0 radical (unpaired) electrons. The Morgan fingerprint density at radius 3 is 2.61 bits per heavy atom. The molecule has 2 aliphatic rings. The van der Waals surface area contributed by atoms with Crippen molar-refractivity contribution in [2.24, 2.45) is 0 Å². The maximum Gasteiger partial charge on any atom is 0.245 e. The molecule has 0 bridgehead atoms. The zero-order valence-electron chi connectivity index (χ0n) is 21.2. The number of fused-ring (bicyclic) bond motifs is 1. The summed E-state index contributed by atoms with van der Waals surface area (Å²) in [5.41, 5.74) is 3.67. The van der Waals surface area contributed by atoms with E-state index in [1.54, 1.807) is 12.3 Å². The van der Waals surface area contributed by atoms with Gasteiger partial charge in [0.25, 0.3) is 0 Å². The Bertz CT molecular complexity index is 1620. The lowest BCUT2D eigenvalue weighted by Crippen LogP contribution is -2.30. The van der Waals surface area contributed by atoms with Crippen LogP contribution in [0.15, 0.2) is 42.9 Å². The molecule has 4 heterocycles. The molecule has 1 aliphatic carbocycles. The number of halogens is 1. The van der Waals surface area contributed by atoms with Crippen LogP contribution in [0.5, 0.6) is 11.6 Å². The zero-order valence-corrected chi connectivity index (χ0v) is 22.8. The van der Waals surface area contributed by atoms with Crippen LogP contribution in [0.1, 0.15) is 43.9 Å². The smallest absolute Gasteiger partial charge is 0.245 e. The third-order valence-electron chi connectivity index (χ3n) is 7.07. The number of aromatic nitrogens is 5. The van der Waals surface area contributed by atoms with Gasteiger partial charge in [-0.05, 0) is 75.4 Å². The molecule has 198 valence electrons. The fourth-order valence-corrected chi connectivity index (χ4v) is 6.34. The topological polar surface area (TPSA) is 109 Å². The van der Waals surface area contributed by atoms with E-state index < -0.39 is 9.84 Å². The molecular formula is C27H28ClN5O4S. The van der Waals surface area contributed by atoms with Crippen LogP contribution in [0, 0.1) is 6.92 Å². The quantitative estimate of drug-likeness (QED) is 0.321. The van der Waals surface area contributed by atoms with Crippen molar-refractivity contribution >= 4 is 32.6 Å². The summed E-state index contributed by atoms with van der Waals surface area (Å²) in [6.07, 6.45) is 6.02. The summed E-state index contributed by atoms with van der Waals surface area (Å²) in [7, 11) is -2.96. The van der Waals surface area contributed by atoms with Gasteiger partial charge < -0.3 is 14.0 Å². The molecule has 3 aromatic heterocycles. The number of rotatable bonds is 7. The van der Waals surface area contributed by atoms with Crippen molar-refractivity contribution in [3.63, 3.8) is 0 Å². The second-order valence-electron chi connectivity index (χ2n) is 10.4. The van der Waals surface area contributed by atoms with Gasteiger partial charge in [-0.1, -0.05) is 11.6 Å². The van der Waals surface area contributed by atoms with Gasteiger partial charge in [-0.3, -0.25) is 4.98 Å². The maximum atomic E-state index is 11.8. The monoisotopic (exact) mass is 553 g/mol. The van der Waals surface area contributed by atoms with Crippen LogP contribution >= 0.6 is 11.6 Å². The maximum absolute atomic E-state index is 11.8. The van der Waals surface area contributed by atoms with Gasteiger partial charge in [0.15, 0.2) is 21.0 Å². The van der Waals surface area contributed by atoms with Crippen molar-refractivity contribution in [2.75, 3.05) is 11.5 Å². The first kappa shape index (κ1) is 25.1. The number of ether oxygens (including phenoxy) is 2. The van der Waals surface area contributed by atoms with Crippen molar-refractivity contribution in [3.05, 3.63) is 59.1 Å². The van der Waals surface area contributed by atoms with Crippen LogP contribution in [-0.4, -0.2) is 56.1 Å². The molecule has 11 heteroatoms. The van der Waals surface area contributed by atoms with Gasteiger partial charge in [-0.15, -0.1) is 0 Å². The van der Waals surface area contributed by atoms with Crippen LogP contribution in [0.3, 0.4) is 0 Å². The first-order valence-electron chi connectivity index (χ1n) is 12.7. The Balaban J connectivity index is 1.38. The summed E-state index contributed by atoms with van der Waals surface area (Å²) < 4.78 is 37.8. The van der Waals surface area contributed by atoms with E-state index in [2.05, 4.69) is 21.9 Å². The van der Waals surface area contributed by atoms with Crippen LogP contribution in [0.4, 0.5) is 0 Å². The van der Waals surface area contributed by atoms with Crippen LogP contribution < -0.4 is 9.47 Å².